The molecule has 22 heavy (non-hydrogen) atoms. The monoisotopic (exact) mass is 332 g/mol. The third-order valence-corrected chi connectivity index (χ3v) is 4.62. The molecule has 0 radical (unpaired) electrons. The number of hydrogen-bond donors (Lipinski definition) is 2. The molecule has 7 heteroatoms. The summed E-state index contributed by atoms with van der Waals surface area (Å²) in [6, 6.07) is 5.52. The second-order valence-corrected chi connectivity index (χ2v) is 6.57. The van der Waals surface area contributed by atoms with E-state index in [1.165, 1.54) is 24.3 Å². The van der Waals surface area contributed by atoms with Gasteiger partial charge in [-0.25, -0.2) is 0 Å². The average molecular weight is 332 g/mol. The number of hydrogen-bond acceptors (Lipinski definition) is 3. The van der Waals surface area contributed by atoms with Gasteiger partial charge in [0.25, 0.3) is 5.91 Å². The standard InChI is InChI=1S/C15H19F3N2OS/c16-15(17,18)22-12-7-5-10(6-8-12)14(21)20-13-4-2-1-3-11(13)9-19/h5-8,11,13H,1-4,9,19H2,(H,20,21). The fourth-order valence-electron chi connectivity index (χ4n) is 2.74. The summed E-state index contributed by atoms with van der Waals surface area (Å²) in [5.74, 6) is 0.0201. The number of carbonyl (C=O) groups excluding carboxylic acids is 1. The van der Waals surface area contributed by atoms with Gasteiger partial charge in [0.2, 0.25) is 0 Å². The quantitative estimate of drug-likeness (QED) is 0.829. The molecule has 0 saturated heterocycles. The highest BCUT2D eigenvalue weighted by molar-refractivity contribution is 8.00. The summed E-state index contributed by atoms with van der Waals surface area (Å²) >= 11 is -0.187. The topological polar surface area (TPSA) is 55.1 Å². The number of nitrogens with two attached hydrogens (primary N) is 1. The Bertz CT molecular complexity index is 505. The Balaban J connectivity index is 1.97. The second-order valence-electron chi connectivity index (χ2n) is 5.43. The molecular formula is C15H19F3N2OS. The van der Waals surface area contributed by atoms with Crippen LogP contribution in [0.25, 0.3) is 0 Å². The van der Waals surface area contributed by atoms with Crippen LogP contribution in [0.5, 0.6) is 0 Å². The van der Waals surface area contributed by atoms with Crippen LogP contribution in [0.2, 0.25) is 0 Å². The molecule has 1 aliphatic carbocycles. The molecule has 1 saturated carbocycles. The van der Waals surface area contributed by atoms with Crippen molar-refractivity contribution in [1.82, 2.24) is 5.32 Å². The molecule has 2 atom stereocenters. The number of nitrogens with one attached hydrogen (secondary N) is 1. The van der Waals surface area contributed by atoms with Crippen molar-refractivity contribution in [3.05, 3.63) is 29.8 Å². The molecule has 122 valence electrons. The van der Waals surface area contributed by atoms with Crippen molar-refractivity contribution < 1.29 is 18.0 Å². The fraction of sp³-hybridized carbons (Fsp3) is 0.533. The predicted octanol–water partition coefficient (Wildman–Crippen LogP) is 3.55. The molecular weight excluding hydrogens is 313 g/mol. The highest BCUT2D eigenvalue weighted by Crippen LogP contribution is 2.36. The first-order valence-corrected chi connectivity index (χ1v) is 8.07. The first-order chi connectivity index (χ1) is 10.4. The number of rotatable bonds is 4. The first-order valence-electron chi connectivity index (χ1n) is 7.26. The van der Waals surface area contributed by atoms with Crippen LogP contribution in [0.15, 0.2) is 29.2 Å². The molecule has 1 aliphatic rings. The van der Waals surface area contributed by atoms with Gasteiger partial charge in [-0.15, -0.1) is 0 Å². The van der Waals surface area contributed by atoms with E-state index < -0.39 is 5.51 Å². The lowest BCUT2D eigenvalue weighted by Crippen LogP contribution is -2.44. The summed E-state index contributed by atoms with van der Waals surface area (Å²) in [5, 5.41) is 2.96. The van der Waals surface area contributed by atoms with Crippen molar-refractivity contribution in [2.24, 2.45) is 11.7 Å². The zero-order chi connectivity index (χ0) is 16.2. The second kappa shape index (κ2) is 7.37. The SMILES string of the molecule is NCC1CCCCC1NC(=O)c1ccc(SC(F)(F)F)cc1. The van der Waals surface area contributed by atoms with Crippen molar-refractivity contribution in [2.45, 2.75) is 42.1 Å². The number of benzene rings is 1. The Hall–Kier alpha value is -1.21. The molecule has 2 unspecified atom stereocenters. The Morgan fingerprint density at radius 3 is 2.45 bits per heavy atom. The van der Waals surface area contributed by atoms with Gasteiger partial charge in [-0.1, -0.05) is 12.8 Å². The number of thioether (sulfide) groups is 1. The summed E-state index contributed by atoms with van der Waals surface area (Å²) in [6.07, 6.45) is 4.08. The number of alkyl halides is 3. The minimum Gasteiger partial charge on any atom is -0.349 e. The lowest BCUT2D eigenvalue weighted by atomic mass is 9.84. The zero-order valence-electron chi connectivity index (χ0n) is 12.0. The molecule has 0 bridgehead atoms. The zero-order valence-corrected chi connectivity index (χ0v) is 12.8. The first kappa shape index (κ1) is 17.1. The van der Waals surface area contributed by atoms with Gasteiger partial charge in [0, 0.05) is 16.5 Å². The minimum atomic E-state index is -4.32. The van der Waals surface area contributed by atoms with Gasteiger partial charge >= 0.3 is 5.51 Å². The Kier molecular flexibility index (Phi) is 5.74. The van der Waals surface area contributed by atoms with E-state index in [9.17, 15) is 18.0 Å². The van der Waals surface area contributed by atoms with Crippen LogP contribution < -0.4 is 11.1 Å². The van der Waals surface area contributed by atoms with Crippen molar-refractivity contribution in [3.63, 3.8) is 0 Å². The minimum absolute atomic E-state index is 0.0514. The molecule has 2 rings (SSSR count). The highest BCUT2D eigenvalue weighted by Gasteiger charge is 2.29. The van der Waals surface area contributed by atoms with Crippen molar-refractivity contribution in [2.75, 3.05) is 6.54 Å². The summed E-state index contributed by atoms with van der Waals surface area (Å²) in [7, 11) is 0. The van der Waals surface area contributed by atoms with Gasteiger partial charge in [0.05, 0.1) is 0 Å². The molecule has 3 nitrogen and oxygen atoms in total. The molecule has 0 heterocycles. The maximum atomic E-state index is 12.3. The number of halogens is 3. The maximum Gasteiger partial charge on any atom is 0.446 e. The molecule has 0 spiro atoms. The van der Waals surface area contributed by atoms with Gasteiger partial charge in [0.1, 0.15) is 0 Å². The van der Waals surface area contributed by atoms with E-state index >= 15 is 0 Å². The van der Waals surface area contributed by atoms with Crippen molar-refractivity contribution >= 4 is 17.7 Å². The van der Waals surface area contributed by atoms with E-state index in [0.717, 1.165) is 25.7 Å². The van der Waals surface area contributed by atoms with E-state index in [-0.39, 0.29) is 34.5 Å². The van der Waals surface area contributed by atoms with Crippen molar-refractivity contribution in [3.8, 4) is 0 Å². The van der Waals surface area contributed by atoms with Gasteiger partial charge in [-0.05, 0) is 61.3 Å². The van der Waals surface area contributed by atoms with E-state index in [4.69, 9.17) is 5.73 Å². The smallest absolute Gasteiger partial charge is 0.349 e. The third-order valence-electron chi connectivity index (χ3n) is 3.88. The molecule has 1 fully saturated rings. The van der Waals surface area contributed by atoms with Crippen LogP contribution in [0.1, 0.15) is 36.0 Å². The molecule has 1 aromatic carbocycles. The summed E-state index contributed by atoms with van der Waals surface area (Å²) in [5.41, 5.74) is 1.78. The Morgan fingerprint density at radius 1 is 1.23 bits per heavy atom. The normalized spacial score (nSPS) is 22.4. The number of carbonyl (C=O) groups is 1. The van der Waals surface area contributed by atoms with Crippen LogP contribution in [-0.2, 0) is 0 Å². The fourth-order valence-corrected chi connectivity index (χ4v) is 3.28. The van der Waals surface area contributed by atoms with Crippen LogP contribution in [0.4, 0.5) is 13.2 Å². The van der Waals surface area contributed by atoms with Crippen LogP contribution in [0.3, 0.4) is 0 Å². The van der Waals surface area contributed by atoms with E-state index in [0.29, 0.717) is 12.1 Å². The van der Waals surface area contributed by atoms with Crippen molar-refractivity contribution in [1.29, 1.82) is 0 Å². The third kappa shape index (κ3) is 4.91. The Labute approximate surface area is 131 Å². The predicted molar refractivity (Wildman–Crippen MR) is 80.6 cm³/mol. The molecule has 1 amide bonds. The van der Waals surface area contributed by atoms with Gasteiger partial charge in [0.15, 0.2) is 0 Å². The van der Waals surface area contributed by atoms with Gasteiger partial charge in [-0.2, -0.15) is 13.2 Å². The van der Waals surface area contributed by atoms with Crippen LogP contribution in [0, 0.1) is 5.92 Å². The molecule has 0 aromatic heterocycles. The van der Waals surface area contributed by atoms with Gasteiger partial charge in [-0.3, -0.25) is 4.79 Å². The summed E-state index contributed by atoms with van der Waals surface area (Å²) in [6.45, 7) is 0.534. The van der Waals surface area contributed by atoms with Crippen LogP contribution in [-0.4, -0.2) is 24.0 Å². The summed E-state index contributed by atoms with van der Waals surface area (Å²) in [4.78, 5) is 12.3. The van der Waals surface area contributed by atoms with E-state index in [1.807, 2.05) is 0 Å². The maximum absolute atomic E-state index is 12.3. The van der Waals surface area contributed by atoms with E-state index in [2.05, 4.69) is 5.32 Å². The highest BCUT2D eigenvalue weighted by atomic mass is 32.2. The number of amides is 1. The molecule has 1 aromatic rings. The lowest BCUT2D eigenvalue weighted by Gasteiger charge is -2.31. The molecule has 3 N–H and O–H groups in total. The van der Waals surface area contributed by atoms with Gasteiger partial charge < -0.3 is 11.1 Å². The largest absolute Gasteiger partial charge is 0.446 e. The Morgan fingerprint density at radius 2 is 1.86 bits per heavy atom. The van der Waals surface area contributed by atoms with E-state index in [1.54, 1.807) is 0 Å². The average Bonchev–Trinajstić information content (AvgIpc) is 2.47. The summed E-state index contributed by atoms with van der Waals surface area (Å²) < 4.78 is 36.8. The lowest BCUT2D eigenvalue weighted by molar-refractivity contribution is -0.0328. The van der Waals surface area contributed by atoms with Crippen LogP contribution >= 0.6 is 11.8 Å². The molecule has 0 aliphatic heterocycles.